The fraction of sp³-hybridized carbons (Fsp3) is 0.455. The van der Waals surface area contributed by atoms with E-state index in [9.17, 15) is 5.11 Å². The van der Waals surface area contributed by atoms with E-state index in [1.54, 1.807) is 26.4 Å². The van der Waals surface area contributed by atoms with E-state index in [0.717, 1.165) is 4.90 Å². The van der Waals surface area contributed by atoms with E-state index in [4.69, 9.17) is 20.3 Å². The quantitative estimate of drug-likeness (QED) is 0.516. The fourth-order valence-electron chi connectivity index (χ4n) is 1.24. The molecule has 0 bridgehead atoms. The van der Waals surface area contributed by atoms with Crippen LogP contribution in [0.5, 0.6) is 11.5 Å². The summed E-state index contributed by atoms with van der Waals surface area (Å²) in [5.41, 5.74) is 6.40. The highest BCUT2D eigenvalue weighted by Crippen LogP contribution is 2.36. The first kappa shape index (κ1) is 14.0. The van der Waals surface area contributed by atoms with Crippen molar-refractivity contribution in [1.82, 2.24) is 0 Å². The first-order valence-electron chi connectivity index (χ1n) is 5.05. The van der Waals surface area contributed by atoms with Crippen LogP contribution in [0.3, 0.4) is 0 Å². The summed E-state index contributed by atoms with van der Waals surface area (Å²) in [7, 11) is 3.09. The molecule has 4 N–H and O–H groups in total. The number of rotatable bonds is 6. The molecule has 5 nitrogen and oxygen atoms in total. The number of hydrogen-bond donors (Lipinski definition) is 3. The molecule has 1 aromatic rings. The topological polar surface area (TPSA) is 84.9 Å². The van der Waals surface area contributed by atoms with Crippen LogP contribution in [-0.4, -0.2) is 42.9 Å². The van der Waals surface area contributed by atoms with Crippen LogP contribution < -0.4 is 15.2 Å². The third-order valence-corrected chi connectivity index (χ3v) is 3.37. The van der Waals surface area contributed by atoms with Gasteiger partial charge in [0.15, 0.2) is 11.5 Å². The van der Waals surface area contributed by atoms with Gasteiger partial charge in [-0.25, -0.2) is 0 Å². The van der Waals surface area contributed by atoms with Gasteiger partial charge < -0.3 is 25.4 Å². The third kappa shape index (κ3) is 3.69. The Morgan fingerprint density at radius 2 is 1.88 bits per heavy atom. The minimum absolute atomic E-state index is 0.264. The Morgan fingerprint density at radius 3 is 2.41 bits per heavy atom. The van der Waals surface area contributed by atoms with E-state index in [0.29, 0.717) is 22.9 Å². The van der Waals surface area contributed by atoms with Crippen LogP contribution in [0.1, 0.15) is 0 Å². The van der Waals surface area contributed by atoms with Gasteiger partial charge in [-0.2, -0.15) is 0 Å². The highest BCUT2D eigenvalue weighted by Gasteiger charge is 2.11. The van der Waals surface area contributed by atoms with Crippen LogP contribution >= 0.6 is 11.8 Å². The number of methoxy groups -OCH3 is 2. The maximum absolute atomic E-state index is 9.27. The zero-order chi connectivity index (χ0) is 12.8. The minimum Gasteiger partial charge on any atom is -0.493 e. The summed E-state index contributed by atoms with van der Waals surface area (Å²) in [5, 5.41) is 18.0. The minimum atomic E-state index is -0.757. The lowest BCUT2D eigenvalue weighted by Crippen LogP contribution is -2.14. The molecule has 0 spiro atoms. The lowest BCUT2D eigenvalue weighted by molar-refractivity contribution is 0.113. The van der Waals surface area contributed by atoms with E-state index in [-0.39, 0.29) is 6.61 Å². The van der Waals surface area contributed by atoms with Crippen molar-refractivity contribution in [2.45, 2.75) is 11.0 Å². The van der Waals surface area contributed by atoms with Crippen molar-refractivity contribution in [2.24, 2.45) is 0 Å². The third-order valence-electron chi connectivity index (χ3n) is 2.16. The Morgan fingerprint density at radius 1 is 1.29 bits per heavy atom. The molecule has 0 fully saturated rings. The molecule has 6 heteroatoms. The molecule has 0 saturated heterocycles. The summed E-state index contributed by atoms with van der Waals surface area (Å²) >= 11 is 1.36. The Bertz CT molecular complexity index is 373. The molecule has 0 aliphatic heterocycles. The maximum atomic E-state index is 9.27. The molecule has 0 aliphatic carbocycles. The predicted octanol–water partition coefficient (Wildman–Crippen LogP) is 0.731. The predicted molar refractivity (Wildman–Crippen MR) is 67.8 cm³/mol. The van der Waals surface area contributed by atoms with Gasteiger partial charge >= 0.3 is 0 Å². The normalized spacial score (nSPS) is 12.2. The highest BCUT2D eigenvalue weighted by molar-refractivity contribution is 7.99. The lowest BCUT2D eigenvalue weighted by atomic mass is 10.3. The molecule has 0 aliphatic rings. The largest absolute Gasteiger partial charge is 0.493 e. The van der Waals surface area contributed by atoms with Crippen LogP contribution in [-0.2, 0) is 0 Å². The molecule has 1 rings (SSSR count). The van der Waals surface area contributed by atoms with Gasteiger partial charge in [0.1, 0.15) is 0 Å². The standard InChI is InChI=1S/C11H17NO4S/c1-15-9-3-8(12)11(4-10(9)16-2)17-6-7(14)5-13/h3-4,7,13-14H,5-6,12H2,1-2H3. The Kier molecular flexibility index (Phi) is 5.40. The number of benzene rings is 1. The molecule has 1 aromatic carbocycles. The van der Waals surface area contributed by atoms with Crippen LogP contribution in [0.4, 0.5) is 5.69 Å². The van der Waals surface area contributed by atoms with Crippen LogP contribution in [0.25, 0.3) is 0 Å². The molecule has 0 heterocycles. The van der Waals surface area contributed by atoms with Gasteiger partial charge in [0.25, 0.3) is 0 Å². The average Bonchev–Trinajstić information content (AvgIpc) is 2.36. The van der Waals surface area contributed by atoms with Gasteiger partial charge in [0.05, 0.1) is 26.9 Å². The second-order valence-electron chi connectivity index (χ2n) is 3.39. The summed E-state index contributed by atoms with van der Waals surface area (Å²) in [6.45, 7) is -0.264. The van der Waals surface area contributed by atoms with Gasteiger partial charge in [-0.3, -0.25) is 0 Å². The number of nitrogens with two attached hydrogens (primary N) is 1. The maximum Gasteiger partial charge on any atom is 0.162 e. The van der Waals surface area contributed by atoms with E-state index in [2.05, 4.69) is 0 Å². The molecule has 0 amide bonds. The van der Waals surface area contributed by atoms with Crippen molar-refractivity contribution >= 4 is 17.4 Å². The molecule has 0 aromatic heterocycles. The summed E-state index contributed by atoms with van der Waals surface area (Å²) in [4.78, 5) is 0.787. The highest BCUT2D eigenvalue weighted by atomic mass is 32.2. The van der Waals surface area contributed by atoms with Gasteiger partial charge in [-0.15, -0.1) is 11.8 Å². The number of ether oxygens (including phenoxy) is 2. The van der Waals surface area contributed by atoms with E-state index in [1.165, 1.54) is 11.8 Å². The second kappa shape index (κ2) is 6.58. The number of thioether (sulfide) groups is 1. The molecule has 1 atom stereocenters. The summed E-state index contributed by atoms with van der Waals surface area (Å²) in [6.07, 6.45) is -0.757. The van der Waals surface area contributed by atoms with E-state index in [1.807, 2.05) is 0 Å². The number of aliphatic hydroxyl groups is 2. The summed E-state index contributed by atoms with van der Waals surface area (Å²) in [6, 6.07) is 3.43. The number of aliphatic hydroxyl groups excluding tert-OH is 2. The SMILES string of the molecule is COc1cc(N)c(SCC(O)CO)cc1OC. The van der Waals surface area contributed by atoms with Gasteiger partial charge in [0, 0.05) is 22.4 Å². The zero-order valence-corrected chi connectivity index (χ0v) is 10.7. The summed E-state index contributed by atoms with van der Waals surface area (Å²) < 4.78 is 10.3. The number of anilines is 1. The van der Waals surface area contributed by atoms with Gasteiger partial charge in [-0.05, 0) is 6.07 Å². The van der Waals surface area contributed by atoms with Crippen molar-refractivity contribution in [3.63, 3.8) is 0 Å². The van der Waals surface area contributed by atoms with Crippen molar-refractivity contribution in [3.8, 4) is 11.5 Å². The Labute approximate surface area is 105 Å². The first-order valence-corrected chi connectivity index (χ1v) is 6.04. The molecule has 96 valence electrons. The van der Waals surface area contributed by atoms with E-state index < -0.39 is 6.10 Å². The monoisotopic (exact) mass is 259 g/mol. The molecule has 0 saturated carbocycles. The Balaban J connectivity index is 2.85. The molecule has 1 unspecified atom stereocenters. The molecular formula is C11H17NO4S. The van der Waals surface area contributed by atoms with Crippen LogP contribution in [0.15, 0.2) is 17.0 Å². The average molecular weight is 259 g/mol. The van der Waals surface area contributed by atoms with Crippen LogP contribution in [0, 0.1) is 0 Å². The molecule has 0 radical (unpaired) electrons. The smallest absolute Gasteiger partial charge is 0.162 e. The molecule has 17 heavy (non-hydrogen) atoms. The van der Waals surface area contributed by atoms with Crippen molar-refractivity contribution in [1.29, 1.82) is 0 Å². The van der Waals surface area contributed by atoms with Crippen molar-refractivity contribution in [3.05, 3.63) is 12.1 Å². The zero-order valence-electron chi connectivity index (χ0n) is 9.84. The first-order chi connectivity index (χ1) is 8.12. The fourth-order valence-corrected chi connectivity index (χ4v) is 2.13. The number of nitrogen functional groups attached to an aromatic ring is 1. The lowest BCUT2D eigenvalue weighted by Gasteiger charge is -2.13. The van der Waals surface area contributed by atoms with Gasteiger partial charge in [0.2, 0.25) is 0 Å². The van der Waals surface area contributed by atoms with Crippen molar-refractivity contribution < 1.29 is 19.7 Å². The van der Waals surface area contributed by atoms with Crippen LogP contribution in [0.2, 0.25) is 0 Å². The number of hydrogen-bond acceptors (Lipinski definition) is 6. The van der Waals surface area contributed by atoms with Crippen molar-refractivity contribution in [2.75, 3.05) is 32.3 Å². The molecular weight excluding hydrogens is 242 g/mol. The van der Waals surface area contributed by atoms with Gasteiger partial charge in [-0.1, -0.05) is 0 Å². The second-order valence-corrected chi connectivity index (χ2v) is 4.45. The Hall–Kier alpha value is -1.11. The summed E-state index contributed by atoms with van der Waals surface area (Å²) in [5.74, 6) is 1.52. The van der Waals surface area contributed by atoms with E-state index >= 15 is 0 Å².